The Balaban J connectivity index is 0.00000261. The van der Waals surface area contributed by atoms with Gasteiger partial charge in [-0.25, -0.2) is 9.97 Å². The molecule has 2 aromatic heterocycles. The van der Waals surface area contributed by atoms with Crippen molar-refractivity contribution < 1.29 is 0 Å². The van der Waals surface area contributed by atoms with Crippen LogP contribution in [0.2, 0.25) is 0 Å². The zero-order valence-corrected chi connectivity index (χ0v) is 18.1. The lowest BCUT2D eigenvalue weighted by Crippen LogP contribution is -2.36. The van der Waals surface area contributed by atoms with Crippen LogP contribution in [-0.4, -0.2) is 27.5 Å². The molecule has 0 saturated carbocycles. The van der Waals surface area contributed by atoms with Gasteiger partial charge in [0.1, 0.15) is 12.1 Å². The van der Waals surface area contributed by atoms with Crippen LogP contribution in [0.25, 0.3) is 5.82 Å². The van der Waals surface area contributed by atoms with E-state index in [0.717, 1.165) is 23.9 Å². The number of hydrogen-bond donors (Lipinski definition) is 2. The Labute approximate surface area is 177 Å². The van der Waals surface area contributed by atoms with Crippen LogP contribution in [-0.2, 0) is 13.1 Å². The number of benzene rings is 1. The maximum absolute atomic E-state index is 4.37. The summed E-state index contributed by atoms with van der Waals surface area (Å²) < 4.78 is 1.89. The third-order valence-corrected chi connectivity index (χ3v) is 4.21. The largest absolute Gasteiger partial charge is 0.352 e. The van der Waals surface area contributed by atoms with E-state index in [1.807, 2.05) is 22.9 Å². The number of halogens is 1. The maximum atomic E-state index is 4.37. The van der Waals surface area contributed by atoms with Crippen molar-refractivity contribution in [3.63, 3.8) is 0 Å². The van der Waals surface area contributed by atoms with Crippen molar-refractivity contribution in [3.8, 4) is 5.82 Å². The van der Waals surface area contributed by atoms with E-state index in [9.17, 15) is 0 Å². The van der Waals surface area contributed by atoms with Crippen LogP contribution in [0.4, 0.5) is 0 Å². The highest BCUT2D eigenvalue weighted by molar-refractivity contribution is 14.0. The third kappa shape index (κ3) is 5.78. The molecule has 2 heterocycles. The third-order valence-electron chi connectivity index (χ3n) is 4.21. The van der Waals surface area contributed by atoms with E-state index in [1.165, 1.54) is 16.7 Å². The van der Waals surface area contributed by atoms with Gasteiger partial charge in [-0.1, -0.05) is 23.8 Å². The van der Waals surface area contributed by atoms with Crippen LogP contribution in [0.5, 0.6) is 0 Å². The van der Waals surface area contributed by atoms with Crippen LogP contribution >= 0.6 is 24.0 Å². The quantitative estimate of drug-likeness (QED) is 0.337. The average Bonchev–Trinajstić information content (AvgIpc) is 3.18. The Bertz CT molecular complexity index is 889. The van der Waals surface area contributed by atoms with E-state index in [4.69, 9.17) is 0 Å². The molecule has 0 aliphatic heterocycles. The predicted molar refractivity (Wildman–Crippen MR) is 120 cm³/mol. The number of hydrogen-bond acceptors (Lipinski definition) is 3. The summed E-state index contributed by atoms with van der Waals surface area (Å²) in [5, 5.41) is 6.71. The summed E-state index contributed by atoms with van der Waals surface area (Å²) in [6, 6.07) is 10.5. The zero-order valence-electron chi connectivity index (χ0n) is 15.8. The molecule has 142 valence electrons. The Morgan fingerprint density at radius 1 is 1.07 bits per heavy atom. The van der Waals surface area contributed by atoms with Crippen molar-refractivity contribution in [1.29, 1.82) is 0 Å². The summed E-state index contributed by atoms with van der Waals surface area (Å²) >= 11 is 0. The highest BCUT2D eigenvalue weighted by Gasteiger charge is 2.03. The topological polar surface area (TPSA) is 67.1 Å². The summed E-state index contributed by atoms with van der Waals surface area (Å²) in [5.74, 6) is 1.62. The van der Waals surface area contributed by atoms with Crippen LogP contribution in [0, 0.1) is 13.8 Å². The van der Waals surface area contributed by atoms with E-state index in [-0.39, 0.29) is 24.0 Å². The standard InChI is InChI=1S/C20H24N6.HI/c1-15-4-5-18(16(2)10-15)13-25-20(21-3)24-12-17-6-7-23-19(11-17)26-9-8-22-14-26;/h4-11,14H,12-13H2,1-3H3,(H2,21,24,25);1H. The van der Waals surface area contributed by atoms with Gasteiger partial charge >= 0.3 is 0 Å². The second-order valence-electron chi connectivity index (χ2n) is 6.20. The molecule has 0 spiro atoms. The van der Waals surface area contributed by atoms with Crippen molar-refractivity contribution in [2.75, 3.05) is 7.05 Å². The smallest absolute Gasteiger partial charge is 0.191 e. The van der Waals surface area contributed by atoms with Gasteiger partial charge in [0, 0.05) is 38.7 Å². The van der Waals surface area contributed by atoms with Gasteiger partial charge in [0.2, 0.25) is 0 Å². The number of imidazole rings is 1. The molecule has 0 atom stereocenters. The SMILES string of the molecule is CN=C(NCc1ccnc(-n2ccnc2)c1)NCc1ccc(C)cc1C.I. The van der Waals surface area contributed by atoms with Crippen LogP contribution in [0.3, 0.4) is 0 Å². The first-order valence-corrected chi connectivity index (χ1v) is 8.59. The molecule has 3 rings (SSSR count). The molecular weight excluding hydrogens is 451 g/mol. The molecule has 7 heteroatoms. The summed E-state index contributed by atoms with van der Waals surface area (Å²) in [6.07, 6.45) is 7.16. The van der Waals surface area contributed by atoms with E-state index in [0.29, 0.717) is 6.54 Å². The summed E-state index contributed by atoms with van der Waals surface area (Å²) in [6.45, 7) is 5.64. The molecule has 0 bridgehead atoms. The van der Waals surface area contributed by atoms with Crippen molar-refractivity contribution in [3.05, 3.63) is 77.5 Å². The first kappa shape index (κ1) is 20.9. The van der Waals surface area contributed by atoms with Crippen LogP contribution in [0.1, 0.15) is 22.3 Å². The van der Waals surface area contributed by atoms with Gasteiger partial charge in [0.25, 0.3) is 0 Å². The molecule has 0 saturated heterocycles. The van der Waals surface area contributed by atoms with Crippen molar-refractivity contribution in [2.24, 2.45) is 4.99 Å². The van der Waals surface area contributed by atoms with Crippen molar-refractivity contribution in [1.82, 2.24) is 25.2 Å². The Morgan fingerprint density at radius 3 is 2.59 bits per heavy atom. The first-order chi connectivity index (χ1) is 12.7. The minimum Gasteiger partial charge on any atom is -0.352 e. The number of aliphatic imine (C=N–C) groups is 1. The van der Waals surface area contributed by atoms with Gasteiger partial charge in [0.15, 0.2) is 5.96 Å². The molecule has 0 aliphatic rings. The number of aryl methyl sites for hydroxylation is 2. The van der Waals surface area contributed by atoms with Gasteiger partial charge in [-0.2, -0.15) is 0 Å². The molecule has 0 amide bonds. The Hall–Kier alpha value is -2.42. The van der Waals surface area contributed by atoms with E-state index in [1.54, 1.807) is 25.8 Å². The highest BCUT2D eigenvalue weighted by Crippen LogP contribution is 2.10. The van der Waals surface area contributed by atoms with Gasteiger partial charge in [-0.15, -0.1) is 24.0 Å². The zero-order chi connectivity index (χ0) is 18.4. The minimum absolute atomic E-state index is 0. The molecule has 0 aliphatic carbocycles. The van der Waals surface area contributed by atoms with Gasteiger partial charge in [-0.05, 0) is 42.7 Å². The maximum Gasteiger partial charge on any atom is 0.191 e. The number of guanidine groups is 1. The molecule has 2 N–H and O–H groups in total. The van der Waals surface area contributed by atoms with Crippen LogP contribution in [0.15, 0.2) is 60.2 Å². The highest BCUT2D eigenvalue weighted by atomic mass is 127. The van der Waals surface area contributed by atoms with Crippen LogP contribution < -0.4 is 10.6 Å². The predicted octanol–water partition coefficient (Wildman–Crippen LogP) is 3.37. The summed E-state index contributed by atoms with van der Waals surface area (Å²) in [7, 11) is 1.78. The molecule has 0 radical (unpaired) electrons. The second-order valence-corrected chi connectivity index (χ2v) is 6.20. The number of nitrogens with one attached hydrogen (secondary N) is 2. The summed E-state index contributed by atoms with van der Waals surface area (Å²) in [4.78, 5) is 12.7. The molecule has 6 nitrogen and oxygen atoms in total. The summed E-state index contributed by atoms with van der Waals surface area (Å²) in [5.41, 5.74) is 4.95. The molecule has 0 fully saturated rings. The van der Waals surface area contributed by atoms with Gasteiger partial charge in [-0.3, -0.25) is 9.56 Å². The minimum atomic E-state index is 0. The molecule has 1 aromatic carbocycles. The fourth-order valence-corrected chi connectivity index (χ4v) is 2.74. The normalized spacial score (nSPS) is 11.0. The average molecular weight is 476 g/mol. The molecule has 3 aromatic rings. The molecule has 27 heavy (non-hydrogen) atoms. The van der Waals surface area contributed by atoms with Crippen molar-refractivity contribution >= 4 is 29.9 Å². The first-order valence-electron chi connectivity index (χ1n) is 8.59. The van der Waals surface area contributed by atoms with Gasteiger partial charge < -0.3 is 10.6 Å². The number of rotatable bonds is 5. The Morgan fingerprint density at radius 2 is 1.89 bits per heavy atom. The second kappa shape index (κ2) is 10.1. The number of aromatic nitrogens is 3. The lowest BCUT2D eigenvalue weighted by Gasteiger charge is -2.14. The lowest BCUT2D eigenvalue weighted by molar-refractivity contribution is 0.803. The van der Waals surface area contributed by atoms with E-state index in [2.05, 4.69) is 57.6 Å². The molecular formula is C20H25IN6. The fraction of sp³-hybridized carbons (Fsp3) is 0.250. The molecule has 0 unspecified atom stereocenters. The number of nitrogens with zero attached hydrogens (tertiary/aromatic N) is 4. The van der Waals surface area contributed by atoms with E-state index < -0.39 is 0 Å². The van der Waals surface area contributed by atoms with Gasteiger partial charge in [0.05, 0.1) is 0 Å². The van der Waals surface area contributed by atoms with Crippen molar-refractivity contribution in [2.45, 2.75) is 26.9 Å². The fourth-order valence-electron chi connectivity index (χ4n) is 2.74. The van der Waals surface area contributed by atoms with E-state index >= 15 is 0 Å². The monoisotopic (exact) mass is 476 g/mol. The lowest BCUT2D eigenvalue weighted by atomic mass is 10.1. The Kier molecular flexibility index (Phi) is 7.78. The number of pyridine rings is 1.